The molecule has 0 aromatic carbocycles. The van der Waals surface area contributed by atoms with Crippen LogP contribution in [0, 0.1) is 5.92 Å². The molecule has 0 radical (unpaired) electrons. The molecule has 0 saturated carbocycles. The molecule has 1 aliphatic rings. The van der Waals surface area contributed by atoms with Gasteiger partial charge in [0.25, 0.3) is 5.91 Å². The molecular weight excluding hydrogens is 356 g/mol. The Balaban J connectivity index is 2.06. The highest BCUT2D eigenvalue weighted by atomic mass is 16.5. The predicted octanol–water partition coefficient (Wildman–Crippen LogP) is 1.93. The van der Waals surface area contributed by atoms with Crippen LogP contribution >= 0.6 is 0 Å². The van der Waals surface area contributed by atoms with E-state index >= 15 is 0 Å². The van der Waals surface area contributed by atoms with Gasteiger partial charge in [-0.25, -0.2) is 4.98 Å². The van der Waals surface area contributed by atoms with E-state index in [4.69, 9.17) is 4.74 Å². The fourth-order valence-corrected chi connectivity index (χ4v) is 3.37. The van der Waals surface area contributed by atoms with Crippen LogP contribution in [0.25, 0.3) is 11.1 Å². The van der Waals surface area contributed by atoms with Gasteiger partial charge in [0, 0.05) is 48.7 Å². The van der Waals surface area contributed by atoms with Gasteiger partial charge in [-0.3, -0.25) is 9.78 Å². The predicted molar refractivity (Wildman–Crippen MR) is 107 cm³/mol. The minimum absolute atomic E-state index is 0.0910. The zero-order valence-corrected chi connectivity index (χ0v) is 16.9. The third kappa shape index (κ3) is 4.31. The van der Waals surface area contributed by atoms with Gasteiger partial charge >= 0.3 is 0 Å². The zero-order chi connectivity index (χ0) is 20.3. The molecule has 0 aliphatic carbocycles. The second-order valence-electron chi connectivity index (χ2n) is 7.70. The van der Waals surface area contributed by atoms with Crippen LogP contribution < -0.4 is 4.74 Å². The van der Waals surface area contributed by atoms with E-state index < -0.39 is 0 Å². The maximum Gasteiger partial charge on any atom is 0.259 e. The Morgan fingerprint density at radius 2 is 2.14 bits per heavy atom. The highest BCUT2D eigenvalue weighted by Crippen LogP contribution is 2.30. The molecule has 2 aromatic rings. The average molecular weight is 384 g/mol. The number of likely N-dealkylation sites (N-methyl/N-ethyl adjacent to an activating group) is 1. The number of aliphatic hydroxyl groups excluding tert-OH is 1. The Morgan fingerprint density at radius 1 is 1.36 bits per heavy atom. The van der Waals surface area contributed by atoms with Crippen molar-refractivity contribution in [1.82, 2.24) is 19.8 Å². The summed E-state index contributed by atoms with van der Waals surface area (Å²) in [6.45, 7) is 5.04. The van der Waals surface area contributed by atoms with Gasteiger partial charge < -0.3 is 19.6 Å². The SMILES string of the molecule is C[C@@H]1CN([C@H](C)CO)C(=O)c2cc(-c3cccnc3)cnc2O[C@H]1CN(C)C. The van der Waals surface area contributed by atoms with Crippen molar-refractivity contribution < 1.29 is 14.6 Å². The molecule has 0 unspecified atom stereocenters. The smallest absolute Gasteiger partial charge is 0.259 e. The summed E-state index contributed by atoms with van der Waals surface area (Å²) in [4.78, 5) is 25.7. The molecule has 7 nitrogen and oxygen atoms in total. The lowest BCUT2D eigenvalue weighted by molar-refractivity contribution is 0.0348. The number of amides is 1. The van der Waals surface area contributed by atoms with Crippen molar-refractivity contribution in [2.75, 3.05) is 33.8 Å². The Kier molecular flexibility index (Phi) is 6.26. The normalized spacial score (nSPS) is 20.9. The third-order valence-electron chi connectivity index (χ3n) is 5.06. The van der Waals surface area contributed by atoms with Crippen LogP contribution in [-0.2, 0) is 0 Å². The van der Waals surface area contributed by atoms with E-state index in [0.29, 0.717) is 24.5 Å². The van der Waals surface area contributed by atoms with Crippen LogP contribution in [-0.4, -0.2) is 76.7 Å². The largest absolute Gasteiger partial charge is 0.472 e. The Bertz CT molecular complexity index is 813. The maximum atomic E-state index is 13.3. The van der Waals surface area contributed by atoms with E-state index in [1.807, 2.05) is 39.2 Å². The van der Waals surface area contributed by atoms with Crippen LogP contribution in [0.2, 0.25) is 0 Å². The number of pyridine rings is 2. The van der Waals surface area contributed by atoms with Gasteiger partial charge in [0.2, 0.25) is 5.88 Å². The number of hydrogen-bond acceptors (Lipinski definition) is 6. The lowest BCUT2D eigenvalue weighted by Gasteiger charge is -2.37. The summed E-state index contributed by atoms with van der Waals surface area (Å²) >= 11 is 0. The summed E-state index contributed by atoms with van der Waals surface area (Å²) in [5, 5.41) is 9.69. The van der Waals surface area contributed by atoms with Crippen molar-refractivity contribution in [1.29, 1.82) is 0 Å². The maximum absolute atomic E-state index is 13.3. The monoisotopic (exact) mass is 384 g/mol. The van der Waals surface area contributed by atoms with Gasteiger partial charge in [-0.15, -0.1) is 0 Å². The molecule has 0 spiro atoms. The Labute approximate surface area is 166 Å². The molecule has 3 heterocycles. The fourth-order valence-electron chi connectivity index (χ4n) is 3.37. The summed E-state index contributed by atoms with van der Waals surface area (Å²) in [6, 6.07) is 5.29. The first-order chi connectivity index (χ1) is 13.4. The Hall–Kier alpha value is -2.51. The number of aliphatic hydroxyl groups is 1. The summed E-state index contributed by atoms with van der Waals surface area (Å²) < 4.78 is 6.20. The van der Waals surface area contributed by atoms with Crippen molar-refractivity contribution in [2.45, 2.75) is 26.0 Å². The molecule has 2 aromatic heterocycles. The average Bonchev–Trinajstić information content (AvgIpc) is 2.70. The molecular formula is C21H28N4O3. The van der Waals surface area contributed by atoms with Gasteiger partial charge in [0.15, 0.2) is 0 Å². The highest BCUT2D eigenvalue weighted by molar-refractivity contribution is 5.98. The van der Waals surface area contributed by atoms with E-state index in [0.717, 1.165) is 11.1 Å². The zero-order valence-electron chi connectivity index (χ0n) is 16.9. The van der Waals surface area contributed by atoms with E-state index in [9.17, 15) is 9.90 Å². The molecule has 3 atom stereocenters. The number of rotatable bonds is 5. The van der Waals surface area contributed by atoms with Crippen LogP contribution in [0.3, 0.4) is 0 Å². The van der Waals surface area contributed by atoms with E-state index in [2.05, 4.69) is 21.8 Å². The number of ether oxygens (including phenoxy) is 1. The molecule has 0 saturated heterocycles. The fraction of sp³-hybridized carbons (Fsp3) is 0.476. The molecule has 150 valence electrons. The molecule has 0 bridgehead atoms. The van der Waals surface area contributed by atoms with Gasteiger partial charge in [-0.1, -0.05) is 13.0 Å². The topological polar surface area (TPSA) is 78.8 Å². The molecule has 7 heteroatoms. The molecule has 3 rings (SSSR count). The first-order valence-electron chi connectivity index (χ1n) is 9.54. The second kappa shape index (κ2) is 8.67. The minimum atomic E-state index is -0.289. The van der Waals surface area contributed by atoms with E-state index in [1.54, 1.807) is 23.5 Å². The molecule has 1 N–H and O–H groups in total. The van der Waals surface area contributed by atoms with Crippen molar-refractivity contribution in [3.05, 3.63) is 42.4 Å². The van der Waals surface area contributed by atoms with Crippen LogP contribution in [0.4, 0.5) is 0 Å². The highest BCUT2D eigenvalue weighted by Gasteiger charge is 2.33. The van der Waals surface area contributed by atoms with Crippen molar-refractivity contribution in [3.8, 4) is 17.0 Å². The van der Waals surface area contributed by atoms with E-state index in [-0.39, 0.29) is 30.6 Å². The van der Waals surface area contributed by atoms with Crippen LogP contribution in [0.5, 0.6) is 5.88 Å². The quantitative estimate of drug-likeness (QED) is 0.849. The molecule has 0 fully saturated rings. The van der Waals surface area contributed by atoms with Gasteiger partial charge in [-0.2, -0.15) is 0 Å². The number of nitrogens with zero attached hydrogens (tertiary/aromatic N) is 4. The summed E-state index contributed by atoms with van der Waals surface area (Å²) in [6.07, 6.45) is 5.04. The van der Waals surface area contributed by atoms with Crippen molar-refractivity contribution in [2.24, 2.45) is 5.92 Å². The van der Waals surface area contributed by atoms with E-state index in [1.165, 1.54) is 0 Å². The number of hydrogen-bond donors (Lipinski definition) is 1. The lowest BCUT2D eigenvalue weighted by Crippen LogP contribution is -2.49. The summed E-state index contributed by atoms with van der Waals surface area (Å²) in [5.74, 6) is 0.254. The van der Waals surface area contributed by atoms with Gasteiger partial charge in [0.1, 0.15) is 11.7 Å². The van der Waals surface area contributed by atoms with Gasteiger partial charge in [-0.05, 0) is 33.2 Å². The lowest BCUT2D eigenvalue weighted by atomic mass is 9.99. The second-order valence-corrected chi connectivity index (χ2v) is 7.70. The van der Waals surface area contributed by atoms with Crippen LogP contribution in [0.15, 0.2) is 36.8 Å². The molecule has 1 amide bonds. The Morgan fingerprint density at radius 3 is 2.79 bits per heavy atom. The van der Waals surface area contributed by atoms with Gasteiger partial charge in [0.05, 0.1) is 12.6 Å². The summed E-state index contributed by atoms with van der Waals surface area (Å²) in [5.41, 5.74) is 2.10. The molecule has 1 aliphatic heterocycles. The first kappa shape index (κ1) is 20.2. The summed E-state index contributed by atoms with van der Waals surface area (Å²) in [7, 11) is 3.99. The minimum Gasteiger partial charge on any atom is -0.472 e. The molecule has 28 heavy (non-hydrogen) atoms. The number of carbonyl (C=O) groups excluding carboxylic acids is 1. The number of fused-ring (bicyclic) bond motifs is 1. The third-order valence-corrected chi connectivity index (χ3v) is 5.06. The van der Waals surface area contributed by atoms with Crippen molar-refractivity contribution in [3.63, 3.8) is 0 Å². The van der Waals surface area contributed by atoms with Crippen LogP contribution in [0.1, 0.15) is 24.2 Å². The van der Waals surface area contributed by atoms with Crippen molar-refractivity contribution >= 4 is 5.91 Å². The standard InChI is InChI=1S/C21H28N4O3/c1-14-11-25(15(2)13-26)21(27)18-8-17(16-6-5-7-22-9-16)10-23-20(18)28-19(14)12-24(3)4/h5-10,14-15,19,26H,11-13H2,1-4H3/t14-,15-,19+/m1/s1. The first-order valence-corrected chi connectivity index (χ1v) is 9.54. The number of aromatic nitrogens is 2. The number of carbonyl (C=O) groups is 1.